The van der Waals surface area contributed by atoms with Crippen molar-refractivity contribution in [1.82, 2.24) is 0 Å². The molecule has 0 aromatic carbocycles. The lowest BCUT2D eigenvalue weighted by Gasteiger charge is -2.39. The molecule has 0 saturated heterocycles. The van der Waals surface area contributed by atoms with Gasteiger partial charge in [-0.3, -0.25) is 4.79 Å². The number of rotatable bonds is 3. The fraction of sp³-hybridized carbons (Fsp3) is 0.700. The van der Waals surface area contributed by atoms with Crippen molar-refractivity contribution in [2.24, 2.45) is 10.4 Å². The highest BCUT2D eigenvalue weighted by atomic mass is 16.5. The van der Waals surface area contributed by atoms with E-state index < -0.39 is 6.10 Å². The molecule has 4 rings (SSSR count). The maximum absolute atomic E-state index is 12.2. The Bertz CT molecular complexity index is 694. The molecule has 2 heterocycles. The van der Waals surface area contributed by atoms with Crippen molar-refractivity contribution < 1.29 is 24.1 Å². The van der Waals surface area contributed by atoms with E-state index >= 15 is 0 Å². The first-order valence-corrected chi connectivity index (χ1v) is 9.65. The lowest BCUT2D eigenvalue weighted by atomic mass is 9.64. The van der Waals surface area contributed by atoms with Crippen LogP contribution in [0.5, 0.6) is 0 Å². The molecule has 26 heavy (non-hydrogen) atoms. The van der Waals surface area contributed by atoms with Crippen LogP contribution in [-0.4, -0.2) is 48.9 Å². The number of carbonyl (C=O) groups is 1. The molecule has 0 aromatic heterocycles. The SMILES string of the molecule is CCOC(=O)CC1=CC23CCCC[C@@H]2OC2=C3[C@H](C[C@@H](O)C2)N=C1OC. The van der Waals surface area contributed by atoms with Crippen molar-refractivity contribution in [1.29, 1.82) is 0 Å². The number of methoxy groups -OCH3 is 1. The predicted octanol–water partition coefficient (Wildman–Crippen LogP) is 2.66. The van der Waals surface area contributed by atoms with Gasteiger partial charge in [0.2, 0.25) is 5.90 Å². The van der Waals surface area contributed by atoms with Crippen LogP contribution in [0.3, 0.4) is 0 Å². The van der Waals surface area contributed by atoms with E-state index in [1.54, 1.807) is 14.0 Å². The van der Waals surface area contributed by atoms with Gasteiger partial charge in [0, 0.05) is 24.0 Å². The van der Waals surface area contributed by atoms with Crippen LogP contribution in [0.15, 0.2) is 28.0 Å². The summed E-state index contributed by atoms with van der Waals surface area (Å²) in [6, 6.07) is -0.150. The normalized spacial score (nSPS) is 35.4. The monoisotopic (exact) mass is 361 g/mol. The van der Waals surface area contributed by atoms with Gasteiger partial charge in [0.15, 0.2) is 0 Å². The predicted molar refractivity (Wildman–Crippen MR) is 95.6 cm³/mol. The van der Waals surface area contributed by atoms with Gasteiger partial charge in [0.25, 0.3) is 0 Å². The summed E-state index contributed by atoms with van der Waals surface area (Å²) in [5.74, 6) is 1.12. The van der Waals surface area contributed by atoms with Gasteiger partial charge in [-0.2, -0.15) is 0 Å². The van der Waals surface area contributed by atoms with E-state index in [9.17, 15) is 9.90 Å². The van der Waals surface area contributed by atoms with E-state index in [2.05, 4.69) is 6.08 Å². The lowest BCUT2D eigenvalue weighted by Crippen LogP contribution is -2.39. The summed E-state index contributed by atoms with van der Waals surface area (Å²) in [5, 5.41) is 10.3. The average Bonchev–Trinajstić information content (AvgIpc) is 2.85. The Labute approximate surface area is 153 Å². The van der Waals surface area contributed by atoms with E-state index in [0.717, 1.165) is 37.0 Å². The number of nitrogens with zero attached hydrogens (tertiary/aromatic N) is 1. The van der Waals surface area contributed by atoms with E-state index in [-0.39, 0.29) is 30.0 Å². The third kappa shape index (κ3) is 2.75. The third-order valence-corrected chi connectivity index (χ3v) is 6.03. The van der Waals surface area contributed by atoms with Crippen molar-refractivity contribution in [3.8, 4) is 0 Å². The van der Waals surface area contributed by atoms with E-state index in [4.69, 9.17) is 19.2 Å². The summed E-state index contributed by atoms with van der Waals surface area (Å²) >= 11 is 0. The highest BCUT2D eigenvalue weighted by molar-refractivity contribution is 5.98. The van der Waals surface area contributed by atoms with E-state index in [1.807, 2.05) is 0 Å². The van der Waals surface area contributed by atoms with Crippen molar-refractivity contribution in [2.45, 2.75) is 70.1 Å². The summed E-state index contributed by atoms with van der Waals surface area (Å²) in [4.78, 5) is 17.0. The zero-order chi connectivity index (χ0) is 18.3. The van der Waals surface area contributed by atoms with Crippen LogP contribution in [0.4, 0.5) is 0 Å². The second-order valence-corrected chi connectivity index (χ2v) is 7.63. The van der Waals surface area contributed by atoms with Gasteiger partial charge in [-0.15, -0.1) is 0 Å². The summed E-state index contributed by atoms with van der Waals surface area (Å²) in [6.45, 7) is 2.16. The molecule has 142 valence electrons. The molecule has 6 heteroatoms. The summed E-state index contributed by atoms with van der Waals surface area (Å²) < 4.78 is 17.0. The number of esters is 1. The molecule has 2 aliphatic carbocycles. The number of ether oxygens (including phenoxy) is 3. The van der Waals surface area contributed by atoms with Crippen LogP contribution in [0.25, 0.3) is 0 Å². The molecule has 0 aromatic rings. The Morgan fingerprint density at radius 1 is 1.46 bits per heavy atom. The highest BCUT2D eigenvalue weighted by Crippen LogP contribution is 2.57. The Kier molecular flexibility index (Phi) is 4.55. The zero-order valence-corrected chi connectivity index (χ0v) is 15.5. The first-order valence-electron chi connectivity index (χ1n) is 9.65. The van der Waals surface area contributed by atoms with Crippen molar-refractivity contribution in [2.75, 3.05) is 13.7 Å². The number of aliphatic imine (C=N–C) groups is 1. The minimum Gasteiger partial charge on any atom is -0.493 e. The minimum absolute atomic E-state index is 0.0673. The van der Waals surface area contributed by atoms with Gasteiger partial charge in [0.05, 0.1) is 37.7 Å². The number of aliphatic hydroxyl groups excluding tert-OH is 1. The van der Waals surface area contributed by atoms with E-state index in [1.165, 1.54) is 5.57 Å². The van der Waals surface area contributed by atoms with Crippen molar-refractivity contribution >= 4 is 11.9 Å². The average molecular weight is 361 g/mol. The number of hydrogen-bond acceptors (Lipinski definition) is 6. The van der Waals surface area contributed by atoms with Gasteiger partial charge in [0.1, 0.15) is 11.9 Å². The minimum atomic E-state index is -0.454. The molecule has 0 amide bonds. The second kappa shape index (κ2) is 6.72. The summed E-state index contributed by atoms with van der Waals surface area (Å²) in [5.41, 5.74) is 1.75. The fourth-order valence-electron chi connectivity index (χ4n) is 5.09. The van der Waals surface area contributed by atoms with Crippen LogP contribution in [0, 0.1) is 5.41 Å². The molecule has 6 nitrogen and oxygen atoms in total. The van der Waals surface area contributed by atoms with Gasteiger partial charge in [-0.1, -0.05) is 12.5 Å². The second-order valence-electron chi connectivity index (χ2n) is 7.63. The van der Waals surface area contributed by atoms with Crippen LogP contribution in [0.1, 0.15) is 51.9 Å². The number of hydrogen-bond donors (Lipinski definition) is 1. The van der Waals surface area contributed by atoms with E-state index in [0.29, 0.717) is 25.3 Å². The first kappa shape index (κ1) is 17.6. The Hall–Kier alpha value is -1.82. The molecule has 1 N–H and O–H groups in total. The van der Waals surface area contributed by atoms with Crippen LogP contribution in [-0.2, 0) is 19.0 Å². The molecular weight excluding hydrogens is 334 g/mol. The summed E-state index contributed by atoms with van der Waals surface area (Å²) in [7, 11) is 1.58. The molecule has 1 unspecified atom stereocenters. The van der Waals surface area contributed by atoms with Gasteiger partial charge < -0.3 is 19.3 Å². The number of carbonyl (C=O) groups excluding carboxylic acids is 1. The van der Waals surface area contributed by atoms with Gasteiger partial charge in [-0.05, 0) is 26.2 Å². The molecule has 1 spiro atoms. The Morgan fingerprint density at radius 2 is 2.31 bits per heavy atom. The molecule has 4 atom stereocenters. The Morgan fingerprint density at radius 3 is 3.08 bits per heavy atom. The van der Waals surface area contributed by atoms with Crippen molar-refractivity contribution in [3.05, 3.63) is 23.0 Å². The third-order valence-electron chi connectivity index (χ3n) is 6.03. The quantitative estimate of drug-likeness (QED) is 0.782. The van der Waals surface area contributed by atoms with Crippen LogP contribution in [0.2, 0.25) is 0 Å². The highest BCUT2D eigenvalue weighted by Gasteiger charge is 2.55. The van der Waals surface area contributed by atoms with Crippen LogP contribution < -0.4 is 0 Å². The molecule has 4 aliphatic rings. The smallest absolute Gasteiger partial charge is 0.310 e. The molecule has 0 bridgehead atoms. The van der Waals surface area contributed by atoms with Crippen LogP contribution >= 0.6 is 0 Å². The topological polar surface area (TPSA) is 77.4 Å². The van der Waals surface area contributed by atoms with Gasteiger partial charge >= 0.3 is 5.97 Å². The van der Waals surface area contributed by atoms with Crippen molar-refractivity contribution in [3.63, 3.8) is 0 Å². The lowest BCUT2D eigenvalue weighted by molar-refractivity contribution is -0.142. The first-order chi connectivity index (χ1) is 12.6. The molecule has 1 fully saturated rings. The standard InChI is InChI=1S/C20H27NO5/c1-3-25-17(23)8-12-11-20-7-5-4-6-16(20)26-15-10-13(22)9-14(18(15)20)21-19(12)24-2/h11,13-14,16,22H,3-10H2,1-2H3/t13-,14+,16+,20?/m1/s1. The maximum Gasteiger partial charge on any atom is 0.310 e. The van der Waals surface area contributed by atoms with Gasteiger partial charge in [-0.25, -0.2) is 4.99 Å². The molecular formula is C20H27NO5. The molecule has 0 radical (unpaired) electrons. The Balaban J connectivity index is 1.81. The summed E-state index contributed by atoms with van der Waals surface area (Å²) in [6.07, 6.45) is 7.30. The maximum atomic E-state index is 12.2. The molecule has 1 saturated carbocycles. The fourth-order valence-corrected chi connectivity index (χ4v) is 5.09. The zero-order valence-electron chi connectivity index (χ0n) is 15.5. The molecule has 2 aliphatic heterocycles. The largest absolute Gasteiger partial charge is 0.493 e. The number of aliphatic hydroxyl groups is 1.